The van der Waals surface area contributed by atoms with Crippen LogP contribution in [0.4, 0.5) is 34.1 Å². The van der Waals surface area contributed by atoms with Crippen molar-refractivity contribution in [1.82, 2.24) is 0 Å². The minimum absolute atomic E-state index is 0.0178. The fourth-order valence-corrected chi connectivity index (χ4v) is 9.22. The van der Waals surface area contributed by atoms with Gasteiger partial charge in [0.05, 0.1) is 33.0 Å². The van der Waals surface area contributed by atoms with Crippen LogP contribution >= 0.6 is 0 Å². The summed E-state index contributed by atoms with van der Waals surface area (Å²) in [7, 11) is -13.9. The van der Waals surface area contributed by atoms with Crippen molar-refractivity contribution in [2.24, 2.45) is 20.5 Å². The van der Waals surface area contributed by atoms with Gasteiger partial charge in [0.2, 0.25) is 11.1 Å². The largest absolute Gasteiger partial charge is 0.505 e. The third-order valence-corrected chi connectivity index (χ3v) is 12.9. The lowest BCUT2D eigenvalue weighted by molar-refractivity contribution is 0.472. The van der Waals surface area contributed by atoms with Crippen LogP contribution in [0.15, 0.2) is 144 Å². The standard InChI is InChI=1S/C37H32N6O11S4/c1-4-43(30-18-19-31(57(48,49)50)29-9-7-6-8-28(29)30)56(46,47)27-16-12-25(13-17-27)40-42-36-32(58(51,52)53)21-23-20-22(3)35(34(38)33(23)37(36)44)41-39-24-10-14-26(15-11-24)54-55(45)5-2/h5-21,44H,2,4,38H2,1,3H3,(H,48,49,50)(H,51,52,53). The summed E-state index contributed by atoms with van der Waals surface area (Å²) < 4.78 is 114. The second kappa shape index (κ2) is 16.0. The zero-order valence-electron chi connectivity index (χ0n) is 30.3. The molecule has 1 unspecified atom stereocenters. The third-order valence-electron chi connectivity index (χ3n) is 8.62. The van der Waals surface area contributed by atoms with Gasteiger partial charge in [-0.1, -0.05) is 30.8 Å². The van der Waals surface area contributed by atoms with E-state index in [1.54, 1.807) is 26.0 Å². The molecule has 5 N–H and O–H groups in total. The van der Waals surface area contributed by atoms with Gasteiger partial charge in [-0.15, -0.1) is 10.2 Å². The highest BCUT2D eigenvalue weighted by atomic mass is 32.2. The Morgan fingerprint density at radius 3 is 1.91 bits per heavy atom. The van der Waals surface area contributed by atoms with Crippen molar-refractivity contribution in [3.05, 3.63) is 115 Å². The predicted octanol–water partition coefficient (Wildman–Crippen LogP) is 8.31. The molecule has 21 heteroatoms. The maximum atomic E-state index is 13.9. The van der Waals surface area contributed by atoms with Gasteiger partial charge < -0.3 is 15.0 Å². The molecule has 0 saturated carbocycles. The van der Waals surface area contributed by atoms with E-state index in [1.165, 1.54) is 72.8 Å². The number of phenols is 1. The van der Waals surface area contributed by atoms with Crippen LogP contribution in [0.3, 0.4) is 0 Å². The van der Waals surface area contributed by atoms with Crippen molar-refractivity contribution in [2.45, 2.75) is 28.5 Å². The average molecular weight is 865 g/mol. The number of hydrogen-bond acceptors (Lipinski definition) is 14. The zero-order chi connectivity index (χ0) is 42.2. The molecular weight excluding hydrogens is 833 g/mol. The van der Waals surface area contributed by atoms with E-state index < -0.39 is 57.7 Å². The lowest BCUT2D eigenvalue weighted by Crippen LogP contribution is -2.31. The molecule has 0 spiro atoms. The molecule has 0 saturated heterocycles. The summed E-state index contributed by atoms with van der Waals surface area (Å²) >= 11 is -1.72. The maximum Gasteiger partial charge on any atom is 0.296 e. The molecule has 0 heterocycles. The van der Waals surface area contributed by atoms with E-state index >= 15 is 0 Å². The molecule has 0 aromatic heterocycles. The number of aryl methyl sites for hydroxylation is 1. The summed E-state index contributed by atoms with van der Waals surface area (Å²) in [5.74, 6) is -0.466. The van der Waals surface area contributed by atoms with E-state index in [4.69, 9.17) is 9.92 Å². The number of benzene rings is 6. The van der Waals surface area contributed by atoms with Crippen molar-refractivity contribution in [2.75, 3.05) is 16.6 Å². The Morgan fingerprint density at radius 1 is 0.776 bits per heavy atom. The van der Waals surface area contributed by atoms with E-state index in [0.717, 1.165) is 21.8 Å². The minimum Gasteiger partial charge on any atom is -0.505 e. The lowest BCUT2D eigenvalue weighted by atomic mass is 10.0. The molecule has 6 aromatic rings. The Balaban J connectivity index is 1.34. The number of phenolic OH excluding ortho intramolecular Hbond substituents is 1. The molecule has 0 aliphatic carbocycles. The monoisotopic (exact) mass is 864 g/mol. The Kier molecular flexibility index (Phi) is 11.5. The summed E-state index contributed by atoms with van der Waals surface area (Å²) in [4.78, 5) is -1.37. The third kappa shape index (κ3) is 8.30. The molecule has 6 aromatic carbocycles. The Hall–Kier alpha value is -6.10. The van der Waals surface area contributed by atoms with E-state index in [1.807, 2.05) is 0 Å². The number of nitrogens with zero attached hydrogens (tertiary/aromatic N) is 5. The molecular formula is C37H32N6O11S4. The molecule has 6 rings (SSSR count). The van der Waals surface area contributed by atoms with Crippen molar-refractivity contribution >= 4 is 97.0 Å². The minimum atomic E-state index is -5.00. The maximum absolute atomic E-state index is 13.9. The number of hydrogen-bond donors (Lipinski definition) is 4. The van der Waals surface area contributed by atoms with Gasteiger partial charge in [0, 0.05) is 22.7 Å². The topological polar surface area (TPSA) is 268 Å². The van der Waals surface area contributed by atoms with E-state index in [-0.39, 0.29) is 60.6 Å². The molecule has 0 radical (unpaired) electrons. The molecule has 300 valence electrons. The smallest absolute Gasteiger partial charge is 0.296 e. The number of anilines is 2. The van der Waals surface area contributed by atoms with Crippen LogP contribution in [0.2, 0.25) is 0 Å². The van der Waals surface area contributed by atoms with Crippen molar-refractivity contribution in [1.29, 1.82) is 0 Å². The first-order chi connectivity index (χ1) is 27.3. The van der Waals surface area contributed by atoms with Crippen molar-refractivity contribution < 1.29 is 47.9 Å². The van der Waals surface area contributed by atoms with E-state index in [0.29, 0.717) is 17.0 Å². The van der Waals surface area contributed by atoms with Gasteiger partial charge in [-0.2, -0.15) is 27.1 Å². The van der Waals surface area contributed by atoms with Gasteiger partial charge in [-0.25, -0.2) is 12.6 Å². The number of azo groups is 2. The molecule has 0 fully saturated rings. The predicted molar refractivity (Wildman–Crippen MR) is 219 cm³/mol. The summed E-state index contributed by atoms with van der Waals surface area (Å²) in [6, 6.07) is 22.1. The highest BCUT2D eigenvalue weighted by Crippen LogP contribution is 2.47. The van der Waals surface area contributed by atoms with E-state index in [2.05, 4.69) is 27.0 Å². The average Bonchev–Trinajstić information content (AvgIpc) is 3.17. The highest BCUT2D eigenvalue weighted by molar-refractivity contribution is 7.92. The SMILES string of the molecule is C=CS(=O)Oc1ccc(N=Nc2c(C)cc3cc(S(=O)(=O)O)c(N=Nc4ccc(S(=O)(=O)N(CC)c5ccc(S(=O)(=O)O)c6ccccc56)cc4)c(O)c3c2N)cc1. The van der Waals surface area contributed by atoms with Gasteiger partial charge >= 0.3 is 0 Å². The first kappa shape index (κ1) is 41.5. The van der Waals surface area contributed by atoms with Gasteiger partial charge in [0.15, 0.2) is 5.75 Å². The van der Waals surface area contributed by atoms with Crippen LogP contribution in [0.5, 0.6) is 11.5 Å². The number of aromatic hydroxyl groups is 1. The summed E-state index contributed by atoms with van der Waals surface area (Å²) in [6.07, 6.45) is 0. The first-order valence-electron chi connectivity index (χ1n) is 16.7. The van der Waals surface area contributed by atoms with Gasteiger partial charge in [0.25, 0.3) is 30.3 Å². The van der Waals surface area contributed by atoms with Gasteiger partial charge in [0.1, 0.15) is 26.9 Å². The molecule has 0 amide bonds. The van der Waals surface area contributed by atoms with E-state index in [9.17, 15) is 43.7 Å². The number of nitrogen functional groups attached to an aromatic ring is 1. The second-order valence-corrected chi connectivity index (χ2v) is 17.9. The van der Waals surface area contributed by atoms with Gasteiger partial charge in [-0.05, 0) is 97.6 Å². The van der Waals surface area contributed by atoms with Crippen LogP contribution in [-0.4, -0.2) is 50.2 Å². The van der Waals surface area contributed by atoms with Gasteiger partial charge in [-0.3, -0.25) is 13.4 Å². The molecule has 0 bridgehead atoms. The molecule has 1 atom stereocenters. The first-order valence-corrected chi connectivity index (χ1v) is 22.1. The molecule has 58 heavy (non-hydrogen) atoms. The molecule has 0 aliphatic heterocycles. The Bertz CT molecular complexity index is 3050. The fraction of sp³-hybridized carbons (Fsp3) is 0.0811. The number of fused-ring (bicyclic) bond motifs is 2. The number of nitrogens with two attached hydrogens (primary N) is 1. The van der Waals surface area contributed by atoms with Crippen LogP contribution in [0.1, 0.15) is 12.5 Å². The lowest BCUT2D eigenvalue weighted by Gasteiger charge is -2.25. The van der Waals surface area contributed by atoms with Crippen LogP contribution < -0.4 is 14.2 Å². The zero-order valence-corrected chi connectivity index (χ0v) is 33.5. The van der Waals surface area contributed by atoms with Crippen LogP contribution in [0.25, 0.3) is 21.5 Å². The fourth-order valence-electron chi connectivity index (χ4n) is 6.00. The molecule has 17 nitrogen and oxygen atoms in total. The Morgan fingerprint density at radius 2 is 1.34 bits per heavy atom. The summed E-state index contributed by atoms with van der Waals surface area (Å²) in [6.45, 7) is 6.53. The summed E-state index contributed by atoms with van der Waals surface area (Å²) in [5.41, 5.74) is 6.76. The van der Waals surface area contributed by atoms with Crippen molar-refractivity contribution in [3.63, 3.8) is 0 Å². The van der Waals surface area contributed by atoms with Crippen molar-refractivity contribution in [3.8, 4) is 11.5 Å². The number of sulfonamides is 1. The Labute approximate surface area is 335 Å². The second-order valence-electron chi connectivity index (χ2n) is 12.3. The van der Waals surface area contributed by atoms with Crippen LogP contribution in [0, 0.1) is 6.92 Å². The normalized spacial score (nSPS) is 13.0. The van der Waals surface area contributed by atoms with Crippen LogP contribution in [-0.2, 0) is 41.3 Å². The highest BCUT2D eigenvalue weighted by Gasteiger charge is 2.28. The summed E-state index contributed by atoms with van der Waals surface area (Å²) in [5, 5.41) is 29.3. The number of rotatable bonds is 13. The quantitative estimate of drug-likeness (QED) is 0.0485. The molecule has 0 aliphatic rings.